The van der Waals surface area contributed by atoms with Gasteiger partial charge in [0.25, 0.3) is 5.69 Å². The number of amides is 2. The molecule has 2 aliphatic heterocycles. The van der Waals surface area contributed by atoms with E-state index in [9.17, 15) is 24.8 Å². The molecule has 306 valence electrons. The van der Waals surface area contributed by atoms with E-state index in [2.05, 4.69) is 20.4 Å². The van der Waals surface area contributed by atoms with Gasteiger partial charge in [0.15, 0.2) is 6.29 Å². The van der Waals surface area contributed by atoms with Gasteiger partial charge in [0.2, 0.25) is 0 Å². The molecule has 7 rings (SSSR count). The fraction of sp³-hybridized carbons (Fsp3) is 0.304. The first kappa shape index (κ1) is 41.1. The van der Waals surface area contributed by atoms with Crippen LogP contribution in [0, 0.1) is 10.1 Å². The Morgan fingerprint density at radius 1 is 0.814 bits per heavy atom. The maximum absolute atomic E-state index is 12.9. The van der Waals surface area contributed by atoms with E-state index >= 15 is 0 Å². The minimum Gasteiger partial charge on any atom is -0.467 e. The number of benzene rings is 5. The van der Waals surface area contributed by atoms with Crippen molar-refractivity contribution in [2.24, 2.45) is 0 Å². The van der Waals surface area contributed by atoms with Crippen LogP contribution in [0.15, 0.2) is 127 Å². The zero-order chi connectivity index (χ0) is 41.1. The molecule has 2 aliphatic rings. The Morgan fingerprint density at radius 2 is 1.51 bits per heavy atom. The molecular weight excluding hydrogens is 751 g/mol. The number of carbonyl (C=O) groups is 2. The van der Waals surface area contributed by atoms with Crippen LogP contribution >= 0.6 is 0 Å². The predicted molar refractivity (Wildman–Crippen MR) is 223 cm³/mol. The number of piperazine rings is 1. The molecule has 4 atom stereocenters. The van der Waals surface area contributed by atoms with Crippen LogP contribution in [0.4, 0.5) is 16.2 Å². The summed E-state index contributed by atoms with van der Waals surface area (Å²) < 4.78 is 18.2. The van der Waals surface area contributed by atoms with Gasteiger partial charge < -0.3 is 34.9 Å². The number of ether oxygens (including phenoxy) is 3. The van der Waals surface area contributed by atoms with Crippen LogP contribution in [-0.4, -0.2) is 78.9 Å². The highest BCUT2D eigenvalue weighted by Crippen LogP contribution is 2.39. The molecule has 2 saturated heterocycles. The third-order valence-electron chi connectivity index (χ3n) is 10.8. The van der Waals surface area contributed by atoms with Gasteiger partial charge in [0, 0.05) is 75.5 Å². The average molecular weight is 800 g/mol. The third-order valence-corrected chi connectivity index (χ3v) is 10.8. The van der Waals surface area contributed by atoms with E-state index in [4.69, 9.17) is 14.2 Å². The van der Waals surface area contributed by atoms with Gasteiger partial charge in [-0.15, -0.1) is 0 Å². The Bertz CT molecular complexity index is 2160. The van der Waals surface area contributed by atoms with Gasteiger partial charge in [0.05, 0.1) is 30.8 Å². The quantitative estimate of drug-likeness (QED) is 0.0628. The number of aliphatic hydroxyl groups is 1. The van der Waals surface area contributed by atoms with Gasteiger partial charge in [-0.2, -0.15) is 0 Å². The van der Waals surface area contributed by atoms with Crippen molar-refractivity contribution in [2.45, 2.75) is 50.5 Å². The molecule has 0 aliphatic carbocycles. The van der Waals surface area contributed by atoms with Gasteiger partial charge in [-0.05, 0) is 51.6 Å². The van der Waals surface area contributed by atoms with Gasteiger partial charge >= 0.3 is 12.0 Å². The topological polar surface area (TPSA) is 156 Å². The SMILES string of the molecule is COC(=O)C(Cc1ccccc1)NC(=O)NCc1cccc(-c2ccc(C3OC(CN4CCN(c5ccc([N+](=O)[O-])cc5)CC4)CC(c4ccc(CO)cc4)O3)cc2)c1. The van der Waals surface area contributed by atoms with Gasteiger partial charge in [-0.1, -0.05) is 97.1 Å². The zero-order valence-electron chi connectivity index (χ0n) is 32.9. The van der Waals surface area contributed by atoms with Crippen molar-refractivity contribution in [3.63, 3.8) is 0 Å². The lowest BCUT2D eigenvalue weighted by molar-refractivity contribution is -0.384. The van der Waals surface area contributed by atoms with Crippen molar-refractivity contribution in [1.29, 1.82) is 0 Å². The molecule has 59 heavy (non-hydrogen) atoms. The molecule has 0 aromatic heterocycles. The lowest BCUT2D eigenvalue weighted by Crippen LogP contribution is -2.49. The van der Waals surface area contributed by atoms with Crippen LogP contribution in [0.5, 0.6) is 0 Å². The Balaban J connectivity index is 0.983. The summed E-state index contributed by atoms with van der Waals surface area (Å²) in [7, 11) is 1.30. The summed E-state index contributed by atoms with van der Waals surface area (Å²) >= 11 is 0. The summed E-state index contributed by atoms with van der Waals surface area (Å²) in [5, 5.41) is 26.3. The number of aliphatic hydroxyl groups excluding tert-OH is 1. The smallest absolute Gasteiger partial charge is 0.328 e. The largest absolute Gasteiger partial charge is 0.467 e. The second kappa shape index (κ2) is 19.6. The number of non-ortho nitro benzene ring substituents is 1. The zero-order valence-corrected chi connectivity index (χ0v) is 32.9. The average Bonchev–Trinajstić information content (AvgIpc) is 3.28. The van der Waals surface area contributed by atoms with Crippen molar-refractivity contribution in [1.82, 2.24) is 15.5 Å². The summed E-state index contributed by atoms with van der Waals surface area (Å²) in [4.78, 5) is 40.7. The highest BCUT2D eigenvalue weighted by molar-refractivity contribution is 5.83. The molecule has 0 spiro atoms. The van der Waals surface area contributed by atoms with Gasteiger partial charge in [-0.3, -0.25) is 15.0 Å². The Morgan fingerprint density at radius 3 is 2.19 bits per heavy atom. The second-order valence-corrected chi connectivity index (χ2v) is 14.8. The number of nitro groups is 1. The fourth-order valence-corrected chi connectivity index (χ4v) is 7.57. The molecular formula is C46H49N5O8. The van der Waals surface area contributed by atoms with E-state index in [1.807, 2.05) is 115 Å². The summed E-state index contributed by atoms with van der Waals surface area (Å²) in [5.41, 5.74) is 7.58. The van der Waals surface area contributed by atoms with E-state index in [1.54, 1.807) is 12.1 Å². The predicted octanol–water partition coefficient (Wildman–Crippen LogP) is 6.71. The van der Waals surface area contributed by atoms with Crippen LogP contribution in [0.1, 0.15) is 46.6 Å². The number of nitrogens with one attached hydrogen (secondary N) is 2. The van der Waals surface area contributed by atoms with E-state index in [-0.39, 0.29) is 36.0 Å². The normalized spacial score (nSPS) is 18.7. The molecule has 3 N–H and O–H groups in total. The molecule has 2 amide bonds. The standard InChI is InChI=1S/C46H49N5O8/c1-57-44(53)42(27-32-6-3-2-4-7-32)48-46(54)47-29-34-8-5-9-38(26-34)35-14-16-37(17-15-35)45-58-41(28-43(59-45)36-12-10-33(31-52)11-13-36)30-49-22-24-50(25-23-49)39-18-20-40(21-19-39)51(55)56/h2-21,26,41-43,45,52H,22-25,27-31H2,1H3,(H2,47,48,54). The third kappa shape index (κ3) is 10.9. The molecule has 13 heteroatoms. The maximum Gasteiger partial charge on any atom is 0.328 e. The first-order valence-corrected chi connectivity index (χ1v) is 19.8. The first-order valence-electron chi connectivity index (χ1n) is 19.8. The minimum absolute atomic E-state index is 0.0280. The van der Waals surface area contributed by atoms with Crippen LogP contribution in [-0.2, 0) is 38.6 Å². The highest BCUT2D eigenvalue weighted by atomic mass is 16.7. The number of carbonyl (C=O) groups excluding carboxylic acids is 2. The number of nitro benzene ring substituents is 1. The molecule has 0 saturated carbocycles. The highest BCUT2D eigenvalue weighted by Gasteiger charge is 2.34. The number of esters is 1. The van der Waals surface area contributed by atoms with Crippen molar-refractivity contribution in [2.75, 3.05) is 44.7 Å². The van der Waals surface area contributed by atoms with Gasteiger partial charge in [0.1, 0.15) is 6.04 Å². The molecule has 2 fully saturated rings. The lowest BCUT2D eigenvalue weighted by atomic mass is 9.98. The number of anilines is 1. The number of methoxy groups -OCH3 is 1. The Labute approximate surface area is 343 Å². The van der Waals surface area contributed by atoms with E-state index in [0.717, 1.165) is 77.4 Å². The number of nitrogens with zero attached hydrogens (tertiary/aromatic N) is 3. The van der Waals surface area contributed by atoms with Crippen LogP contribution in [0.25, 0.3) is 11.1 Å². The number of urea groups is 1. The fourth-order valence-electron chi connectivity index (χ4n) is 7.57. The molecule has 4 unspecified atom stereocenters. The molecule has 0 radical (unpaired) electrons. The Kier molecular flexibility index (Phi) is 13.6. The number of rotatable bonds is 14. The van der Waals surface area contributed by atoms with Gasteiger partial charge in [-0.25, -0.2) is 9.59 Å². The number of hydrogen-bond donors (Lipinski definition) is 3. The summed E-state index contributed by atoms with van der Waals surface area (Å²) in [6, 6.07) is 38.8. The van der Waals surface area contributed by atoms with Crippen molar-refractivity contribution in [3.05, 3.63) is 165 Å². The molecule has 13 nitrogen and oxygen atoms in total. The molecule has 0 bridgehead atoms. The van der Waals surface area contributed by atoms with E-state index in [0.29, 0.717) is 12.8 Å². The molecule has 5 aromatic carbocycles. The van der Waals surface area contributed by atoms with Crippen molar-refractivity contribution < 1.29 is 33.8 Å². The minimum atomic E-state index is -0.825. The van der Waals surface area contributed by atoms with Crippen molar-refractivity contribution >= 4 is 23.4 Å². The van der Waals surface area contributed by atoms with E-state index in [1.165, 1.54) is 7.11 Å². The molecule has 5 aromatic rings. The summed E-state index contributed by atoms with van der Waals surface area (Å²) in [5.74, 6) is -0.516. The van der Waals surface area contributed by atoms with E-state index < -0.39 is 24.3 Å². The van der Waals surface area contributed by atoms with Crippen LogP contribution in [0.2, 0.25) is 0 Å². The Hall–Kier alpha value is -6.12. The summed E-state index contributed by atoms with van der Waals surface area (Å²) in [6.07, 6.45) is 0.0642. The monoisotopic (exact) mass is 799 g/mol. The van der Waals surface area contributed by atoms with Crippen LogP contribution < -0.4 is 15.5 Å². The van der Waals surface area contributed by atoms with Crippen LogP contribution in [0.3, 0.4) is 0 Å². The summed E-state index contributed by atoms with van der Waals surface area (Å²) in [6.45, 7) is 4.21. The first-order chi connectivity index (χ1) is 28.7. The second-order valence-electron chi connectivity index (χ2n) is 14.8. The number of hydrogen-bond acceptors (Lipinski definition) is 10. The maximum atomic E-state index is 12.9. The van der Waals surface area contributed by atoms with Crippen molar-refractivity contribution in [3.8, 4) is 11.1 Å². The molecule has 2 heterocycles. The lowest BCUT2D eigenvalue weighted by Gasteiger charge is -2.41.